The van der Waals surface area contributed by atoms with Gasteiger partial charge in [0.2, 0.25) is 0 Å². The number of hydrogen-bond acceptors (Lipinski definition) is 6. The number of amidine groups is 1. The minimum Gasteiger partial charge on any atom is -0.494 e. The molecule has 7 nitrogen and oxygen atoms in total. The van der Waals surface area contributed by atoms with E-state index in [4.69, 9.17) is 48.8 Å². The molecule has 0 amide bonds. The van der Waals surface area contributed by atoms with Crippen molar-refractivity contribution in [3.8, 4) is 11.4 Å². The van der Waals surface area contributed by atoms with E-state index in [-0.39, 0.29) is 11.6 Å². The third-order valence-corrected chi connectivity index (χ3v) is 9.26. The lowest BCUT2D eigenvalue weighted by atomic mass is 9.81. The number of unbranched alkanes of at least 4 members (excludes halogenated alkanes) is 1. The van der Waals surface area contributed by atoms with Gasteiger partial charge in [-0.15, -0.1) is 0 Å². The Morgan fingerprint density at radius 3 is 2.52 bits per heavy atom. The molecule has 11 heteroatoms. The number of halogens is 3. The number of carbonyl (C=O) groups excluding carboxylic acids is 1. The SMILES string of the molecule is COC(=O)c1cc(CSc2ncc(C(C)(C)c3ccc(Cl)c(Cl)c3)n2-c2ccc(F)c(OC)c2)ccc1CCCCC(=N)N. The molecule has 1 heterocycles. The maximum atomic E-state index is 14.4. The molecule has 232 valence electrons. The molecule has 0 aliphatic rings. The Labute approximate surface area is 271 Å². The van der Waals surface area contributed by atoms with Crippen LogP contribution in [0.5, 0.6) is 5.75 Å². The average molecular weight is 658 g/mol. The third kappa shape index (κ3) is 7.57. The number of hydrogen-bond donors (Lipinski definition) is 2. The number of thioether (sulfide) groups is 1. The zero-order chi connectivity index (χ0) is 32.0. The highest BCUT2D eigenvalue weighted by molar-refractivity contribution is 7.98. The van der Waals surface area contributed by atoms with Crippen molar-refractivity contribution in [3.05, 3.63) is 105 Å². The van der Waals surface area contributed by atoms with Crippen LogP contribution < -0.4 is 10.5 Å². The molecule has 0 spiro atoms. The summed E-state index contributed by atoms with van der Waals surface area (Å²) in [6.07, 6.45) is 4.58. The van der Waals surface area contributed by atoms with E-state index in [0.717, 1.165) is 35.2 Å². The molecule has 3 aromatic carbocycles. The molecule has 0 atom stereocenters. The zero-order valence-corrected chi connectivity index (χ0v) is 27.4. The molecule has 3 N–H and O–H groups in total. The van der Waals surface area contributed by atoms with E-state index in [1.54, 1.807) is 18.2 Å². The normalized spacial score (nSPS) is 11.4. The summed E-state index contributed by atoms with van der Waals surface area (Å²) in [4.78, 5) is 17.4. The van der Waals surface area contributed by atoms with Crippen LogP contribution in [0.3, 0.4) is 0 Å². The van der Waals surface area contributed by atoms with Crippen LogP contribution in [0.1, 0.15) is 65.9 Å². The van der Waals surface area contributed by atoms with Gasteiger partial charge in [-0.1, -0.05) is 67.0 Å². The Morgan fingerprint density at radius 2 is 1.84 bits per heavy atom. The van der Waals surface area contributed by atoms with E-state index in [2.05, 4.69) is 13.8 Å². The number of aryl methyl sites for hydroxylation is 1. The van der Waals surface area contributed by atoms with E-state index in [1.807, 2.05) is 41.1 Å². The van der Waals surface area contributed by atoms with Crippen LogP contribution in [0.2, 0.25) is 10.0 Å². The van der Waals surface area contributed by atoms with Crippen molar-refractivity contribution in [3.63, 3.8) is 0 Å². The second-order valence-corrected chi connectivity index (χ2v) is 12.6. The molecule has 0 aliphatic carbocycles. The van der Waals surface area contributed by atoms with Crippen molar-refractivity contribution >= 4 is 46.8 Å². The second-order valence-electron chi connectivity index (χ2n) is 10.8. The Bertz CT molecular complexity index is 1670. The van der Waals surface area contributed by atoms with Gasteiger partial charge in [0.1, 0.15) is 0 Å². The molecule has 0 aliphatic heterocycles. The molecule has 44 heavy (non-hydrogen) atoms. The van der Waals surface area contributed by atoms with Gasteiger partial charge in [0, 0.05) is 23.7 Å². The molecule has 0 bridgehead atoms. The first-order valence-electron chi connectivity index (χ1n) is 14.0. The summed E-state index contributed by atoms with van der Waals surface area (Å²) in [6, 6.07) is 16.0. The summed E-state index contributed by atoms with van der Waals surface area (Å²) in [7, 11) is 2.80. The number of aromatic nitrogens is 2. The lowest BCUT2D eigenvalue weighted by Gasteiger charge is -2.28. The number of esters is 1. The molecule has 4 rings (SSSR count). The molecule has 4 aromatic rings. The second kappa shape index (κ2) is 14.5. The van der Waals surface area contributed by atoms with E-state index in [0.29, 0.717) is 45.0 Å². The summed E-state index contributed by atoms with van der Waals surface area (Å²) in [5, 5.41) is 9.01. The van der Waals surface area contributed by atoms with E-state index >= 15 is 0 Å². The number of benzene rings is 3. The number of nitrogens with two attached hydrogens (primary N) is 1. The third-order valence-electron chi connectivity index (χ3n) is 7.49. The van der Waals surface area contributed by atoms with Gasteiger partial charge in [-0.25, -0.2) is 14.2 Å². The Balaban J connectivity index is 1.70. The van der Waals surface area contributed by atoms with Gasteiger partial charge in [-0.05, 0) is 66.3 Å². The monoisotopic (exact) mass is 656 g/mol. The Kier molecular flexibility index (Phi) is 11.0. The predicted molar refractivity (Wildman–Crippen MR) is 175 cm³/mol. The average Bonchev–Trinajstić information content (AvgIpc) is 3.44. The van der Waals surface area contributed by atoms with Gasteiger partial charge in [0.15, 0.2) is 16.7 Å². The number of carbonyl (C=O) groups is 1. The zero-order valence-electron chi connectivity index (χ0n) is 25.0. The molecular weight excluding hydrogens is 622 g/mol. The van der Waals surface area contributed by atoms with E-state index in [9.17, 15) is 9.18 Å². The van der Waals surface area contributed by atoms with Crippen molar-refractivity contribution < 1.29 is 18.7 Å². The van der Waals surface area contributed by atoms with Crippen LogP contribution in [0.15, 0.2) is 66.0 Å². The minimum absolute atomic E-state index is 0.118. The van der Waals surface area contributed by atoms with Crippen LogP contribution in [0, 0.1) is 11.2 Å². The summed E-state index contributed by atoms with van der Waals surface area (Å²) in [5.74, 6) is -0.0773. The highest BCUT2D eigenvalue weighted by atomic mass is 35.5. The minimum atomic E-state index is -0.566. The maximum Gasteiger partial charge on any atom is 0.338 e. The van der Waals surface area contributed by atoms with Gasteiger partial charge in [-0.2, -0.15) is 0 Å². The predicted octanol–water partition coefficient (Wildman–Crippen LogP) is 8.38. The number of nitrogens with one attached hydrogen (secondary N) is 1. The fraction of sp³-hybridized carbons (Fsp3) is 0.303. The largest absolute Gasteiger partial charge is 0.494 e. The molecule has 0 unspecified atom stereocenters. The highest BCUT2D eigenvalue weighted by Gasteiger charge is 2.30. The summed E-state index contributed by atoms with van der Waals surface area (Å²) < 4.78 is 26.8. The number of rotatable bonds is 13. The summed E-state index contributed by atoms with van der Waals surface area (Å²) >= 11 is 14.1. The summed E-state index contributed by atoms with van der Waals surface area (Å²) in [6.45, 7) is 4.13. The van der Waals surface area contributed by atoms with Gasteiger partial charge < -0.3 is 15.2 Å². The molecule has 0 saturated heterocycles. The van der Waals surface area contributed by atoms with Crippen molar-refractivity contribution in [2.75, 3.05) is 14.2 Å². The number of ether oxygens (including phenoxy) is 2. The first kappa shape index (κ1) is 33.4. The molecule has 0 fully saturated rings. The van der Waals surface area contributed by atoms with E-state index < -0.39 is 17.2 Å². The van der Waals surface area contributed by atoms with Gasteiger partial charge in [0.05, 0.1) is 53.2 Å². The van der Waals surface area contributed by atoms with Crippen molar-refractivity contribution in [1.82, 2.24) is 9.55 Å². The lowest BCUT2D eigenvalue weighted by molar-refractivity contribution is 0.0599. The number of methoxy groups -OCH3 is 2. The Morgan fingerprint density at radius 1 is 1.07 bits per heavy atom. The topological polar surface area (TPSA) is 103 Å². The van der Waals surface area contributed by atoms with Crippen LogP contribution in [0.25, 0.3) is 5.69 Å². The van der Waals surface area contributed by atoms with E-state index in [1.165, 1.54) is 32.0 Å². The highest BCUT2D eigenvalue weighted by Crippen LogP contribution is 2.39. The molecule has 0 radical (unpaired) electrons. The molecule has 0 saturated carbocycles. The molecule has 1 aromatic heterocycles. The quantitative estimate of drug-likeness (QED) is 0.0492. The number of nitrogens with zero attached hydrogens (tertiary/aromatic N) is 2. The molecular formula is C33H35Cl2FN4O3S. The van der Waals surface area contributed by atoms with Crippen LogP contribution in [0.4, 0.5) is 4.39 Å². The first-order chi connectivity index (χ1) is 21.0. The van der Waals surface area contributed by atoms with Crippen molar-refractivity contribution in [2.24, 2.45) is 5.73 Å². The van der Waals surface area contributed by atoms with Crippen LogP contribution in [-0.2, 0) is 22.3 Å². The fourth-order valence-electron chi connectivity index (χ4n) is 4.96. The van der Waals surface area contributed by atoms with Crippen LogP contribution >= 0.6 is 35.0 Å². The standard InChI is InChI=1S/C33H35Cl2FN4O3S/c1-33(2,22-11-13-25(34)26(35)16-22)29-18-39-32(40(29)23-12-14-27(36)28(17-23)42-3)44-19-20-9-10-21(7-5-6-8-30(37)38)24(15-20)31(41)43-4/h9-18H,5-8,19H2,1-4H3,(H3,37,38). The van der Waals surface area contributed by atoms with Gasteiger partial charge in [-0.3, -0.25) is 9.98 Å². The van der Waals surface area contributed by atoms with Gasteiger partial charge in [0.25, 0.3) is 0 Å². The smallest absolute Gasteiger partial charge is 0.338 e. The first-order valence-corrected chi connectivity index (χ1v) is 15.7. The van der Waals surface area contributed by atoms with Crippen LogP contribution in [-0.4, -0.2) is 35.6 Å². The van der Waals surface area contributed by atoms with Gasteiger partial charge >= 0.3 is 5.97 Å². The fourth-order valence-corrected chi connectivity index (χ4v) is 6.19. The van der Waals surface area contributed by atoms with Crippen molar-refractivity contribution in [2.45, 2.75) is 55.9 Å². The maximum absolute atomic E-state index is 14.4. The van der Waals surface area contributed by atoms with Crippen molar-refractivity contribution in [1.29, 1.82) is 5.41 Å². The summed E-state index contributed by atoms with van der Waals surface area (Å²) in [5.41, 5.74) is 9.69. The Hall–Kier alpha value is -3.53. The number of imidazole rings is 1. The lowest BCUT2D eigenvalue weighted by Crippen LogP contribution is -2.23.